The highest BCUT2D eigenvalue weighted by Gasteiger charge is 2.34. The topological polar surface area (TPSA) is 69.7 Å². The summed E-state index contributed by atoms with van der Waals surface area (Å²) in [6.07, 6.45) is 3.46. The number of thiophene rings is 1. The zero-order valence-corrected chi connectivity index (χ0v) is 18.1. The van der Waals surface area contributed by atoms with E-state index in [9.17, 15) is 13.2 Å². The van der Waals surface area contributed by atoms with Crippen LogP contribution in [0.5, 0.6) is 0 Å². The molecule has 152 valence electrons. The second kappa shape index (κ2) is 8.59. The summed E-state index contributed by atoms with van der Waals surface area (Å²) in [5.74, 6) is 1.21. The van der Waals surface area contributed by atoms with Crippen LogP contribution in [0, 0.1) is 11.8 Å². The number of nitrogens with zero attached hydrogens (tertiary/aromatic N) is 2. The van der Waals surface area contributed by atoms with E-state index in [4.69, 9.17) is 0 Å². The van der Waals surface area contributed by atoms with E-state index in [1.807, 2.05) is 6.92 Å². The number of piperazine rings is 1. The molecule has 1 aromatic heterocycles. The molecular formula is C19H31N3O3S2. The van der Waals surface area contributed by atoms with Crippen molar-refractivity contribution in [2.45, 2.75) is 56.3 Å². The van der Waals surface area contributed by atoms with Crippen LogP contribution in [-0.2, 0) is 14.8 Å². The van der Waals surface area contributed by atoms with Crippen LogP contribution >= 0.6 is 11.3 Å². The first-order valence-corrected chi connectivity index (χ1v) is 12.2. The third-order valence-electron chi connectivity index (χ3n) is 6.32. The molecule has 1 aliphatic carbocycles. The lowest BCUT2D eigenvalue weighted by atomic mass is 9.78. The molecule has 2 heterocycles. The van der Waals surface area contributed by atoms with Gasteiger partial charge in [0.05, 0.1) is 6.04 Å². The van der Waals surface area contributed by atoms with Crippen molar-refractivity contribution in [2.75, 3.05) is 26.2 Å². The maximum Gasteiger partial charge on any atom is 0.252 e. The first-order chi connectivity index (χ1) is 12.8. The molecule has 27 heavy (non-hydrogen) atoms. The number of sulfonamides is 1. The first-order valence-electron chi connectivity index (χ1n) is 9.88. The Morgan fingerprint density at radius 2 is 1.93 bits per heavy atom. The van der Waals surface area contributed by atoms with E-state index in [1.54, 1.807) is 17.5 Å². The molecule has 1 amide bonds. The number of nitrogens with one attached hydrogen (secondary N) is 1. The van der Waals surface area contributed by atoms with Crippen molar-refractivity contribution in [3.63, 3.8) is 0 Å². The summed E-state index contributed by atoms with van der Waals surface area (Å²) < 4.78 is 27.2. The Bertz CT molecular complexity index is 727. The molecule has 4 atom stereocenters. The largest absolute Gasteiger partial charge is 0.352 e. The molecule has 3 rings (SSSR count). The van der Waals surface area contributed by atoms with Gasteiger partial charge in [0.1, 0.15) is 4.21 Å². The van der Waals surface area contributed by atoms with Gasteiger partial charge in [0.15, 0.2) is 0 Å². The van der Waals surface area contributed by atoms with E-state index in [0.717, 1.165) is 6.42 Å². The van der Waals surface area contributed by atoms with Gasteiger partial charge in [-0.15, -0.1) is 11.3 Å². The number of amides is 1. The van der Waals surface area contributed by atoms with Gasteiger partial charge in [-0.3, -0.25) is 9.69 Å². The molecule has 0 unspecified atom stereocenters. The van der Waals surface area contributed by atoms with Crippen molar-refractivity contribution in [1.82, 2.24) is 14.5 Å². The highest BCUT2D eigenvalue weighted by molar-refractivity contribution is 7.91. The molecule has 1 aliphatic heterocycles. The Labute approximate surface area is 167 Å². The smallest absolute Gasteiger partial charge is 0.252 e. The number of hydrogen-bond acceptors (Lipinski definition) is 5. The van der Waals surface area contributed by atoms with Gasteiger partial charge in [-0.25, -0.2) is 8.42 Å². The minimum absolute atomic E-state index is 0.0653. The summed E-state index contributed by atoms with van der Waals surface area (Å²) in [5.41, 5.74) is 0. The number of hydrogen-bond donors (Lipinski definition) is 1. The van der Waals surface area contributed by atoms with Gasteiger partial charge < -0.3 is 5.32 Å². The Balaban J connectivity index is 1.53. The SMILES string of the molecule is C[C@@H]1[C@H](C)CCC[C@H]1NC(=O)[C@@H](C)N1CCN(S(=O)(=O)c2cccs2)CC1. The van der Waals surface area contributed by atoms with Crippen molar-refractivity contribution in [2.24, 2.45) is 11.8 Å². The number of carbonyl (C=O) groups excluding carboxylic acids is 1. The predicted octanol–water partition coefficient (Wildman–Crippen LogP) is 2.38. The summed E-state index contributed by atoms with van der Waals surface area (Å²) >= 11 is 1.25. The Morgan fingerprint density at radius 1 is 1.22 bits per heavy atom. The highest BCUT2D eigenvalue weighted by Crippen LogP contribution is 2.29. The van der Waals surface area contributed by atoms with Crippen molar-refractivity contribution >= 4 is 27.3 Å². The Morgan fingerprint density at radius 3 is 2.56 bits per heavy atom. The molecule has 1 saturated heterocycles. The van der Waals surface area contributed by atoms with Gasteiger partial charge in [-0.05, 0) is 36.6 Å². The van der Waals surface area contributed by atoms with E-state index in [0.29, 0.717) is 42.2 Å². The summed E-state index contributed by atoms with van der Waals surface area (Å²) in [5, 5.41) is 5.03. The van der Waals surface area contributed by atoms with E-state index in [1.165, 1.54) is 28.5 Å². The van der Waals surface area contributed by atoms with Gasteiger partial charge in [0.25, 0.3) is 10.0 Å². The molecule has 6 nitrogen and oxygen atoms in total. The van der Waals surface area contributed by atoms with Gasteiger partial charge in [-0.1, -0.05) is 32.8 Å². The molecule has 0 bridgehead atoms. The lowest BCUT2D eigenvalue weighted by Gasteiger charge is -2.39. The molecule has 2 fully saturated rings. The minimum Gasteiger partial charge on any atom is -0.352 e. The standard InChI is InChI=1S/C19H31N3O3S2/c1-14-6-4-7-17(15(14)2)20-19(23)16(3)21-9-11-22(12-10-21)27(24,25)18-8-5-13-26-18/h5,8,13-17H,4,6-7,9-12H2,1-3H3,(H,20,23)/t14-,15-,16-,17-/m1/s1. The maximum atomic E-state index is 12.7. The average molecular weight is 414 g/mol. The van der Waals surface area contributed by atoms with Crippen LogP contribution < -0.4 is 5.32 Å². The first kappa shape index (κ1) is 20.8. The van der Waals surface area contributed by atoms with E-state index in [-0.39, 0.29) is 18.0 Å². The van der Waals surface area contributed by atoms with Gasteiger partial charge in [0, 0.05) is 32.2 Å². The van der Waals surface area contributed by atoms with Crippen LogP contribution in [0.15, 0.2) is 21.7 Å². The van der Waals surface area contributed by atoms with E-state index < -0.39 is 10.0 Å². The zero-order valence-electron chi connectivity index (χ0n) is 16.4. The van der Waals surface area contributed by atoms with Crippen molar-refractivity contribution in [3.05, 3.63) is 17.5 Å². The molecule has 1 aromatic rings. The van der Waals surface area contributed by atoms with E-state index in [2.05, 4.69) is 24.1 Å². The summed E-state index contributed by atoms with van der Waals surface area (Å²) in [6.45, 7) is 8.43. The molecule has 0 spiro atoms. The number of rotatable bonds is 5. The zero-order chi connectivity index (χ0) is 19.6. The predicted molar refractivity (Wildman–Crippen MR) is 108 cm³/mol. The fourth-order valence-corrected chi connectivity index (χ4v) is 6.69. The van der Waals surface area contributed by atoms with Crippen LogP contribution in [0.1, 0.15) is 40.0 Å². The fraction of sp³-hybridized carbons (Fsp3) is 0.737. The average Bonchev–Trinajstić information content (AvgIpc) is 3.20. The molecule has 2 aliphatic rings. The summed E-state index contributed by atoms with van der Waals surface area (Å²) in [6, 6.07) is 3.42. The Kier molecular flexibility index (Phi) is 6.61. The third kappa shape index (κ3) is 4.55. The molecule has 0 radical (unpaired) electrons. The van der Waals surface area contributed by atoms with Crippen LogP contribution in [0.25, 0.3) is 0 Å². The minimum atomic E-state index is -3.40. The second-order valence-electron chi connectivity index (χ2n) is 7.93. The molecule has 0 aromatic carbocycles. The van der Waals surface area contributed by atoms with Crippen molar-refractivity contribution in [1.29, 1.82) is 0 Å². The van der Waals surface area contributed by atoms with Crippen LogP contribution in [-0.4, -0.2) is 61.8 Å². The molecule has 1 N–H and O–H groups in total. The maximum absolute atomic E-state index is 12.7. The quantitative estimate of drug-likeness (QED) is 0.805. The molecule has 8 heteroatoms. The van der Waals surface area contributed by atoms with Crippen molar-refractivity contribution in [3.8, 4) is 0 Å². The summed E-state index contributed by atoms with van der Waals surface area (Å²) in [4.78, 5) is 14.8. The number of carbonyl (C=O) groups is 1. The lowest BCUT2D eigenvalue weighted by molar-refractivity contribution is -0.127. The van der Waals surface area contributed by atoms with Crippen molar-refractivity contribution < 1.29 is 13.2 Å². The third-order valence-corrected chi connectivity index (χ3v) is 9.60. The normalized spacial score (nSPS) is 29.4. The Hall–Kier alpha value is -0.960. The van der Waals surface area contributed by atoms with Crippen LogP contribution in [0.2, 0.25) is 0 Å². The van der Waals surface area contributed by atoms with Gasteiger partial charge in [0.2, 0.25) is 5.91 Å². The second-order valence-corrected chi connectivity index (χ2v) is 11.0. The monoisotopic (exact) mass is 413 g/mol. The summed E-state index contributed by atoms with van der Waals surface area (Å²) in [7, 11) is -3.40. The van der Waals surface area contributed by atoms with E-state index >= 15 is 0 Å². The van der Waals surface area contributed by atoms with Gasteiger partial charge in [-0.2, -0.15) is 4.31 Å². The van der Waals surface area contributed by atoms with Crippen LogP contribution in [0.3, 0.4) is 0 Å². The fourth-order valence-electron chi connectivity index (χ4n) is 4.12. The van der Waals surface area contributed by atoms with Crippen LogP contribution in [0.4, 0.5) is 0 Å². The van der Waals surface area contributed by atoms with Gasteiger partial charge >= 0.3 is 0 Å². The molecule has 1 saturated carbocycles. The molecular weight excluding hydrogens is 382 g/mol. The lowest BCUT2D eigenvalue weighted by Crippen LogP contribution is -2.56. The highest BCUT2D eigenvalue weighted by atomic mass is 32.2.